The lowest BCUT2D eigenvalue weighted by Gasteiger charge is -2.07. The molecule has 0 radical (unpaired) electrons. The first-order chi connectivity index (χ1) is 10.3. The highest BCUT2D eigenvalue weighted by Crippen LogP contribution is 2.25. The van der Waals surface area contributed by atoms with Crippen LogP contribution in [0, 0.1) is 0 Å². The molecule has 2 aromatic carbocycles. The van der Waals surface area contributed by atoms with Gasteiger partial charge in [0.25, 0.3) is 0 Å². The molecule has 0 bridgehead atoms. The monoisotopic (exact) mass is 298 g/mol. The minimum absolute atomic E-state index is 0.139. The second kappa shape index (κ2) is 6.24. The molecule has 0 atom stereocenters. The Bertz CT molecular complexity index is 661. The van der Waals surface area contributed by atoms with E-state index in [1.54, 1.807) is 0 Å². The molecular weight excluding hydrogens is 288 g/mol. The first kappa shape index (κ1) is 13.4. The van der Waals surface area contributed by atoms with Crippen LogP contribution in [-0.2, 0) is 0 Å². The number of halogens is 1. The second-order valence-electron chi connectivity index (χ2n) is 4.14. The summed E-state index contributed by atoms with van der Waals surface area (Å²) in [6.07, 6.45) is 0. The molecule has 0 aliphatic rings. The summed E-state index contributed by atoms with van der Waals surface area (Å²) >= 11 is 5.97. The maximum Gasteiger partial charge on any atom is 0.326 e. The summed E-state index contributed by atoms with van der Waals surface area (Å²) in [5.74, 6) is 1.62. The highest BCUT2D eigenvalue weighted by molar-refractivity contribution is 6.29. The lowest BCUT2D eigenvalue weighted by atomic mass is 10.3. The van der Waals surface area contributed by atoms with Crippen LogP contribution in [0.4, 0.5) is 0 Å². The lowest BCUT2D eigenvalue weighted by Crippen LogP contribution is -1.95. The van der Waals surface area contributed by atoms with Crippen molar-refractivity contribution in [3.63, 3.8) is 0 Å². The normalized spacial score (nSPS) is 10.1. The molecule has 0 N–H and O–H groups in total. The van der Waals surface area contributed by atoms with Gasteiger partial charge in [0.05, 0.1) is 0 Å². The minimum Gasteiger partial charge on any atom is -0.439 e. The number of para-hydroxylation sites is 2. The predicted molar refractivity (Wildman–Crippen MR) is 80.1 cm³/mol. The predicted octanol–water partition coefficient (Wildman–Crippen LogP) is 4.71. The summed E-state index contributed by atoms with van der Waals surface area (Å²) in [5, 5.41) is 0.252. The number of hydrogen-bond donors (Lipinski definition) is 0. The number of ether oxygens (including phenoxy) is 2. The van der Waals surface area contributed by atoms with E-state index < -0.39 is 0 Å². The number of rotatable bonds is 4. The number of hydrogen-bond acceptors (Lipinski definition) is 4. The SMILES string of the molecule is Clc1cc(Oc2ccccc2)nc(Oc2ccccc2)n1. The Balaban J connectivity index is 1.83. The van der Waals surface area contributed by atoms with E-state index in [-0.39, 0.29) is 11.2 Å². The van der Waals surface area contributed by atoms with Crippen molar-refractivity contribution in [3.8, 4) is 23.4 Å². The van der Waals surface area contributed by atoms with E-state index in [0.29, 0.717) is 17.4 Å². The Morgan fingerprint density at radius 2 is 1.29 bits per heavy atom. The molecule has 3 aromatic rings. The molecule has 5 heteroatoms. The number of nitrogens with zero attached hydrogens (tertiary/aromatic N) is 2. The highest BCUT2D eigenvalue weighted by Gasteiger charge is 2.07. The third kappa shape index (κ3) is 3.70. The van der Waals surface area contributed by atoms with E-state index in [4.69, 9.17) is 21.1 Å². The summed E-state index contributed by atoms with van der Waals surface area (Å²) in [6, 6.07) is 20.2. The second-order valence-corrected chi connectivity index (χ2v) is 4.53. The van der Waals surface area contributed by atoms with E-state index in [1.165, 1.54) is 6.07 Å². The third-order valence-corrected chi connectivity index (χ3v) is 2.76. The molecule has 0 aliphatic carbocycles. The molecule has 104 valence electrons. The largest absolute Gasteiger partial charge is 0.439 e. The molecule has 1 aromatic heterocycles. The molecule has 4 nitrogen and oxygen atoms in total. The van der Waals surface area contributed by atoms with E-state index in [2.05, 4.69) is 9.97 Å². The van der Waals surface area contributed by atoms with Crippen molar-refractivity contribution in [2.24, 2.45) is 0 Å². The zero-order chi connectivity index (χ0) is 14.5. The average molecular weight is 299 g/mol. The quantitative estimate of drug-likeness (QED) is 0.654. The molecule has 3 rings (SSSR count). The van der Waals surface area contributed by atoms with E-state index in [9.17, 15) is 0 Å². The van der Waals surface area contributed by atoms with Crippen molar-refractivity contribution >= 4 is 11.6 Å². The van der Waals surface area contributed by atoms with Gasteiger partial charge in [-0.3, -0.25) is 0 Å². The molecular formula is C16H11ClN2O2. The highest BCUT2D eigenvalue weighted by atomic mass is 35.5. The average Bonchev–Trinajstić information content (AvgIpc) is 2.48. The first-order valence-electron chi connectivity index (χ1n) is 6.30. The summed E-state index contributed by atoms with van der Waals surface area (Å²) in [7, 11) is 0. The Kier molecular flexibility index (Phi) is 3.98. The van der Waals surface area contributed by atoms with E-state index in [0.717, 1.165) is 0 Å². The van der Waals surface area contributed by atoms with Crippen molar-refractivity contribution in [3.05, 3.63) is 71.9 Å². The maximum atomic E-state index is 5.97. The molecule has 1 heterocycles. The summed E-state index contributed by atoms with van der Waals surface area (Å²) in [6.45, 7) is 0. The fourth-order valence-corrected chi connectivity index (χ4v) is 1.84. The summed E-state index contributed by atoms with van der Waals surface area (Å²) in [4.78, 5) is 8.21. The van der Waals surface area contributed by atoms with Gasteiger partial charge in [-0.1, -0.05) is 48.0 Å². The fraction of sp³-hybridized carbons (Fsp3) is 0. The molecule has 0 fully saturated rings. The number of benzene rings is 2. The van der Waals surface area contributed by atoms with Gasteiger partial charge in [0, 0.05) is 6.07 Å². The third-order valence-electron chi connectivity index (χ3n) is 2.57. The van der Waals surface area contributed by atoms with Gasteiger partial charge in [-0.25, -0.2) is 0 Å². The lowest BCUT2D eigenvalue weighted by molar-refractivity contribution is 0.411. The molecule has 0 spiro atoms. The van der Waals surface area contributed by atoms with Crippen LogP contribution in [0.25, 0.3) is 0 Å². The Morgan fingerprint density at radius 3 is 1.90 bits per heavy atom. The van der Waals surface area contributed by atoms with Gasteiger partial charge < -0.3 is 9.47 Å². The van der Waals surface area contributed by atoms with Gasteiger partial charge in [0.1, 0.15) is 16.7 Å². The van der Waals surface area contributed by atoms with Crippen molar-refractivity contribution in [2.45, 2.75) is 0 Å². The van der Waals surface area contributed by atoms with Crippen LogP contribution in [0.2, 0.25) is 5.15 Å². The topological polar surface area (TPSA) is 44.2 Å². The van der Waals surface area contributed by atoms with Gasteiger partial charge in [0.2, 0.25) is 5.88 Å². The minimum atomic E-state index is 0.139. The zero-order valence-electron chi connectivity index (χ0n) is 10.9. The van der Waals surface area contributed by atoms with Gasteiger partial charge >= 0.3 is 6.01 Å². The van der Waals surface area contributed by atoms with Gasteiger partial charge in [-0.2, -0.15) is 9.97 Å². The molecule has 0 amide bonds. The van der Waals surface area contributed by atoms with Crippen molar-refractivity contribution in [2.75, 3.05) is 0 Å². The first-order valence-corrected chi connectivity index (χ1v) is 6.68. The Hall–Kier alpha value is -2.59. The number of aromatic nitrogens is 2. The van der Waals surface area contributed by atoms with Crippen LogP contribution in [0.15, 0.2) is 66.7 Å². The van der Waals surface area contributed by atoms with E-state index >= 15 is 0 Å². The standard InChI is InChI=1S/C16H11ClN2O2/c17-14-11-15(20-12-7-3-1-4-8-12)19-16(18-14)21-13-9-5-2-6-10-13/h1-11H. The van der Waals surface area contributed by atoms with Crippen LogP contribution < -0.4 is 9.47 Å². The summed E-state index contributed by atoms with van der Waals surface area (Å²) in [5.41, 5.74) is 0. The smallest absolute Gasteiger partial charge is 0.326 e. The van der Waals surface area contributed by atoms with Crippen LogP contribution in [0.1, 0.15) is 0 Å². The van der Waals surface area contributed by atoms with E-state index in [1.807, 2.05) is 60.7 Å². The molecule has 0 aliphatic heterocycles. The Morgan fingerprint density at radius 1 is 0.714 bits per heavy atom. The van der Waals surface area contributed by atoms with Gasteiger partial charge in [0.15, 0.2) is 0 Å². The van der Waals surface area contributed by atoms with Crippen LogP contribution in [0.5, 0.6) is 23.4 Å². The molecule has 0 unspecified atom stereocenters. The van der Waals surface area contributed by atoms with Crippen molar-refractivity contribution in [1.82, 2.24) is 9.97 Å². The maximum absolute atomic E-state index is 5.97. The van der Waals surface area contributed by atoms with Gasteiger partial charge in [-0.05, 0) is 24.3 Å². The zero-order valence-corrected chi connectivity index (χ0v) is 11.7. The van der Waals surface area contributed by atoms with Gasteiger partial charge in [-0.15, -0.1) is 0 Å². The molecule has 0 saturated heterocycles. The molecule has 21 heavy (non-hydrogen) atoms. The van der Waals surface area contributed by atoms with Crippen LogP contribution in [-0.4, -0.2) is 9.97 Å². The van der Waals surface area contributed by atoms with Crippen LogP contribution in [0.3, 0.4) is 0 Å². The molecule has 0 saturated carbocycles. The Labute approximate surface area is 127 Å². The van der Waals surface area contributed by atoms with Crippen molar-refractivity contribution < 1.29 is 9.47 Å². The summed E-state index contributed by atoms with van der Waals surface area (Å²) < 4.78 is 11.2. The fourth-order valence-electron chi connectivity index (χ4n) is 1.68. The van der Waals surface area contributed by atoms with Crippen molar-refractivity contribution in [1.29, 1.82) is 0 Å². The van der Waals surface area contributed by atoms with Crippen LogP contribution >= 0.6 is 11.6 Å².